The van der Waals surface area contributed by atoms with Gasteiger partial charge < -0.3 is 9.64 Å². The summed E-state index contributed by atoms with van der Waals surface area (Å²) in [7, 11) is 0. The van der Waals surface area contributed by atoms with E-state index in [2.05, 4.69) is 16.5 Å². The molecule has 140 valence electrons. The maximum absolute atomic E-state index is 13.4. The molecule has 0 unspecified atom stereocenters. The third kappa shape index (κ3) is 3.82. The van der Waals surface area contributed by atoms with E-state index in [9.17, 15) is 4.79 Å². The van der Waals surface area contributed by atoms with Crippen molar-refractivity contribution in [1.82, 2.24) is 9.78 Å². The van der Waals surface area contributed by atoms with Crippen molar-refractivity contribution in [1.29, 1.82) is 0 Å². The number of ether oxygens (including phenoxy) is 1. The van der Waals surface area contributed by atoms with Gasteiger partial charge in [0.15, 0.2) is 0 Å². The number of benzene rings is 1. The number of hydrogen-bond acceptors (Lipinski definition) is 4. The predicted octanol–water partition coefficient (Wildman–Crippen LogP) is 4.45. The molecule has 1 fully saturated rings. The second kappa shape index (κ2) is 8.06. The summed E-state index contributed by atoms with van der Waals surface area (Å²) in [4.78, 5) is 15.3. The number of hydrogen-bond donors (Lipinski definition) is 0. The van der Waals surface area contributed by atoms with Crippen molar-refractivity contribution in [2.45, 2.75) is 32.4 Å². The number of rotatable bonds is 5. The fourth-order valence-electron chi connectivity index (χ4n) is 3.53. The standard InChI is InChI=1S/C21H23N3O2S/c1-16-20(13-22-24(16)19-7-10-26-11-8-19)21(25)23(14-17-9-12-27-15-17)18-5-3-2-4-6-18/h2-6,9,12-13,15,19H,7-8,10-11,14H2,1H3. The first-order chi connectivity index (χ1) is 13.2. The molecule has 0 spiro atoms. The first kappa shape index (κ1) is 17.9. The molecule has 4 rings (SSSR count). The Labute approximate surface area is 163 Å². The number of carbonyl (C=O) groups is 1. The maximum atomic E-state index is 13.4. The first-order valence-electron chi connectivity index (χ1n) is 9.24. The maximum Gasteiger partial charge on any atom is 0.262 e. The molecule has 6 heteroatoms. The molecular formula is C21H23N3O2S. The summed E-state index contributed by atoms with van der Waals surface area (Å²) in [6.45, 7) is 4.04. The summed E-state index contributed by atoms with van der Waals surface area (Å²) in [6.07, 6.45) is 3.59. The van der Waals surface area contributed by atoms with Crippen molar-refractivity contribution in [3.05, 3.63) is 70.2 Å². The Bertz CT molecular complexity index is 884. The minimum Gasteiger partial charge on any atom is -0.381 e. The van der Waals surface area contributed by atoms with Crippen molar-refractivity contribution in [2.75, 3.05) is 18.1 Å². The average molecular weight is 382 g/mol. The minimum atomic E-state index is -0.0109. The number of amides is 1. The molecule has 1 aliphatic rings. The predicted molar refractivity (Wildman–Crippen MR) is 107 cm³/mol. The highest BCUT2D eigenvalue weighted by Crippen LogP contribution is 2.26. The van der Waals surface area contributed by atoms with Gasteiger partial charge in [-0.25, -0.2) is 0 Å². The lowest BCUT2D eigenvalue weighted by atomic mass is 10.1. The molecule has 2 aromatic heterocycles. The lowest BCUT2D eigenvalue weighted by Crippen LogP contribution is -2.30. The normalized spacial score (nSPS) is 15.0. The highest BCUT2D eigenvalue weighted by molar-refractivity contribution is 7.07. The van der Waals surface area contributed by atoms with Crippen LogP contribution in [-0.2, 0) is 11.3 Å². The van der Waals surface area contributed by atoms with Gasteiger partial charge in [0.05, 0.1) is 24.3 Å². The zero-order valence-electron chi connectivity index (χ0n) is 15.4. The van der Waals surface area contributed by atoms with E-state index in [4.69, 9.17) is 4.74 Å². The summed E-state index contributed by atoms with van der Waals surface area (Å²) in [5.41, 5.74) is 3.62. The molecule has 0 N–H and O–H groups in total. The highest BCUT2D eigenvalue weighted by atomic mass is 32.1. The van der Waals surface area contributed by atoms with Crippen molar-refractivity contribution >= 4 is 22.9 Å². The van der Waals surface area contributed by atoms with E-state index in [0.29, 0.717) is 18.2 Å². The van der Waals surface area contributed by atoms with E-state index < -0.39 is 0 Å². The Kier molecular flexibility index (Phi) is 5.36. The fraction of sp³-hybridized carbons (Fsp3) is 0.333. The Morgan fingerprint density at radius 2 is 2.04 bits per heavy atom. The smallest absolute Gasteiger partial charge is 0.262 e. The molecule has 0 aliphatic carbocycles. The first-order valence-corrected chi connectivity index (χ1v) is 10.2. The van der Waals surface area contributed by atoms with E-state index in [0.717, 1.165) is 43.0 Å². The van der Waals surface area contributed by atoms with Crippen molar-refractivity contribution in [2.24, 2.45) is 0 Å². The number of anilines is 1. The van der Waals surface area contributed by atoms with Gasteiger partial charge in [0, 0.05) is 24.6 Å². The quantitative estimate of drug-likeness (QED) is 0.656. The molecule has 1 aromatic carbocycles. The van der Waals surface area contributed by atoms with Gasteiger partial charge in [-0.3, -0.25) is 9.48 Å². The second-order valence-corrected chi connectivity index (χ2v) is 7.57. The van der Waals surface area contributed by atoms with Crippen LogP contribution in [0.4, 0.5) is 5.69 Å². The molecule has 0 bridgehead atoms. The molecule has 1 amide bonds. The number of para-hydroxylation sites is 1. The van der Waals surface area contributed by atoms with Crippen LogP contribution in [0.25, 0.3) is 0 Å². The van der Waals surface area contributed by atoms with Crippen LogP contribution in [0.1, 0.15) is 40.5 Å². The summed E-state index contributed by atoms with van der Waals surface area (Å²) < 4.78 is 7.46. The highest BCUT2D eigenvalue weighted by Gasteiger charge is 2.25. The molecular weight excluding hydrogens is 358 g/mol. The van der Waals surface area contributed by atoms with Crippen LogP contribution in [0.3, 0.4) is 0 Å². The van der Waals surface area contributed by atoms with Gasteiger partial charge in [-0.2, -0.15) is 16.4 Å². The van der Waals surface area contributed by atoms with E-state index in [1.54, 1.807) is 17.5 Å². The van der Waals surface area contributed by atoms with Gasteiger partial charge in [-0.1, -0.05) is 18.2 Å². The number of aromatic nitrogens is 2. The third-order valence-electron chi connectivity index (χ3n) is 5.05. The van der Waals surface area contributed by atoms with E-state index in [-0.39, 0.29) is 5.91 Å². The average Bonchev–Trinajstić information content (AvgIpc) is 3.36. The Morgan fingerprint density at radius 3 is 2.74 bits per heavy atom. The monoisotopic (exact) mass is 381 g/mol. The molecule has 27 heavy (non-hydrogen) atoms. The summed E-state index contributed by atoms with van der Waals surface area (Å²) in [5, 5.41) is 8.67. The Hall–Kier alpha value is -2.44. The van der Waals surface area contributed by atoms with Crippen LogP contribution >= 0.6 is 11.3 Å². The topological polar surface area (TPSA) is 47.4 Å². The van der Waals surface area contributed by atoms with Gasteiger partial charge >= 0.3 is 0 Å². The molecule has 1 aliphatic heterocycles. The van der Waals surface area contributed by atoms with Crippen LogP contribution in [0.2, 0.25) is 0 Å². The number of nitrogens with zero attached hydrogens (tertiary/aromatic N) is 3. The Balaban J connectivity index is 1.64. The second-order valence-electron chi connectivity index (χ2n) is 6.79. The third-order valence-corrected chi connectivity index (χ3v) is 5.78. The van der Waals surface area contributed by atoms with Gasteiger partial charge in [-0.05, 0) is 54.3 Å². The largest absolute Gasteiger partial charge is 0.381 e. The van der Waals surface area contributed by atoms with Gasteiger partial charge in [-0.15, -0.1) is 0 Å². The summed E-state index contributed by atoms with van der Waals surface area (Å²) in [6, 6.07) is 12.2. The van der Waals surface area contributed by atoms with E-state index in [1.165, 1.54) is 0 Å². The van der Waals surface area contributed by atoms with Gasteiger partial charge in [0.2, 0.25) is 0 Å². The lowest BCUT2D eigenvalue weighted by molar-refractivity contribution is 0.0656. The minimum absolute atomic E-state index is 0.0109. The Morgan fingerprint density at radius 1 is 1.26 bits per heavy atom. The van der Waals surface area contributed by atoms with Crippen molar-refractivity contribution < 1.29 is 9.53 Å². The molecule has 5 nitrogen and oxygen atoms in total. The zero-order valence-corrected chi connectivity index (χ0v) is 16.2. The summed E-state index contributed by atoms with van der Waals surface area (Å²) in [5.74, 6) is -0.0109. The number of carbonyl (C=O) groups excluding carboxylic acids is 1. The molecule has 0 atom stereocenters. The van der Waals surface area contributed by atoms with Crippen LogP contribution in [0.5, 0.6) is 0 Å². The molecule has 0 saturated carbocycles. The van der Waals surface area contributed by atoms with Crippen LogP contribution in [0, 0.1) is 6.92 Å². The van der Waals surface area contributed by atoms with Crippen molar-refractivity contribution in [3.63, 3.8) is 0 Å². The van der Waals surface area contributed by atoms with Gasteiger partial charge in [0.1, 0.15) is 0 Å². The molecule has 3 aromatic rings. The molecule has 0 radical (unpaired) electrons. The number of thiophene rings is 1. The van der Waals surface area contributed by atoms with E-state index in [1.807, 2.05) is 52.2 Å². The SMILES string of the molecule is Cc1c(C(=O)N(Cc2ccsc2)c2ccccc2)cnn1C1CCOCC1. The van der Waals surface area contributed by atoms with Crippen LogP contribution < -0.4 is 4.90 Å². The van der Waals surface area contributed by atoms with Crippen LogP contribution in [0.15, 0.2) is 53.4 Å². The van der Waals surface area contributed by atoms with E-state index >= 15 is 0 Å². The zero-order chi connectivity index (χ0) is 18.6. The van der Waals surface area contributed by atoms with Crippen molar-refractivity contribution in [3.8, 4) is 0 Å². The fourth-order valence-corrected chi connectivity index (χ4v) is 4.19. The molecule has 1 saturated heterocycles. The van der Waals surface area contributed by atoms with Gasteiger partial charge in [0.25, 0.3) is 5.91 Å². The molecule has 3 heterocycles. The lowest BCUT2D eigenvalue weighted by Gasteiger charge is -2.25. The summed E-state index contributed by atoms with van der Waals surface area (Å²) >= 11 is 1.64. The van der Waals surface area contributed by atoms with Crippen LogP contribution in [-0.4, -0.2) is 28.9 Å².